The number of nitrogens with one attached hydrogen (secondary N) is 1. The molecule has 5 aromatic rings. The molecule has 0 atom stereocenters. The molecule has 248 valence electrons. The number of hydrogen-bond donors (Lipinski definition) is 3. The topological polar surface area (TPSA) is 140 Å². The van der Waals surface area contributed by atoms with Crippen molar-refractivity contribution in [2.24, 2.45) is 0 Å². The van der Waals surface area contributed by atoms with E-state index in [-0.39, 0.29) is 42.6 Å². The smallest absolute Gasteiger partial charge is 0.335 e. The van der Waals surface area contributed by atoms with Crippen molar-refractivity contribution in [3.05, 3.63) is 156 Å². The number of aromatic amines is 1. The molecule has 0 spiro atoms. The third-order valence-electron chi connectivity index (χ3n) is 8.15. The third-order valence-corrected chi connectivity index (χ3v) is 8.48. The number of nitrogens with zero attached hydrogens (tertiary/aromatic N) is 1. The van der Waals surface area contributed by atoms with Crippen LogP contribution < -0.4 is 15.2 Å². The Labute approximate surface area is 286 Å². The lowest BCUT2D eigenvalue weighted by Crippen LogP contribution is -2.25. The summed E-state index contributed by atoms with van der Waals surface area (Å²) < 4.78 is 18.3. The van der Waals surface area contributed by atoms with Gasteiger partial charge in [0.05, 0.1) is 24.3 Å². The van der Waals surface area contributed by atoms with Gasteiger partial charge < -0.3 is 24.4 Å². The summed E-state index contributed by atoms with van der Waals surface area (Å²) in [5, 5.41) is 19.5. The van der Waals surface area contributed by atoms with Gasteiger partial charge in [0.1, 0.15) is 29.4 Å². The lowest BCUT2D eigenvalue weighted by molar-refractivity contribution is 0.0685. The number of H-pyrrole nitrogens is 1. The average Bonchev–Trinajstić information content (AvgIpc) is 3.25. The highest BCUT2D eigenvalue weighted by molar-refractivity contribution is 7.71. The molecule has 4 aromatic carbocycles. The molecule has 0 unspecified atom stereocenters. The van der Waals surface area contributed by atoms with E-state index in [1.165, 1.54) is 35.9 Å². The van der Waals surface area contributed by atoms with Crippen LogP contribution in [0.15, 0.2) is 95.9 Å². The van der Waals surface area contributed by atoms with Gasteiger partial charge in [0.2, 0.25) is 0 Å². The van der Waals surface area contributed by atoms with Crippen molar-refractivity contribution in [2.45, 2.75) is 19.1 Å². The molecule has 1 aromatic heterocycles. The number of aromatic carboxylic acids is 2. The van der Waals surface area contributed by atoms with Gasteiger partial charge in [-0.1, -0.05) is 79.0 Å². The lowest BCUT2D eigenvalue weighted by atomic mass is 9.83. The van der Waals surface area contributed by atoms with E-state index in [0.717, 1.165) is 27.8 Å². The van der Waals surface area contributed by atoms with Crippen LogP contribution in [0.25, 0.3) is 12.2 Å². The molecule has 49 heavy (non-hydrogen) atoms. The quantitative estimate of drug-likeness (QED) is 0.0964. The Balaban J connectivity index is 1.33. The van der Waals surface area contributed by atoms with Gasteiger partial charge in [0.15, 0.2) is 0 Å². The Morgan fingerprint density at radius 1 is 0.776 bits per heavy atom. The molecule has 0 saturated carbocycles. The van der Waals surface area contributed by atoms with Crippen molar-refractivity contribution in [2.75, 3.05) is 20.3 Å². The molecule has 0 amide bonds. The maximum atomic E-state index is 13.3. The highest BCUT2D eigenvalue weighted by atomic mass is 32.1. The summed E-state index contributed by atoms with van der Waals surface area (Å²) in [7, 11) is 1.53. The number of methoxy groups -OCH3 is 1. The van der Waals surface area contributed by atoms with Gasteiger partial charge in [0, 0.05) is 30.9 Å². The maximum Gasteiger partial charge on any atom is 0.335 e. The Morgan fingerprint density at radius 2 is 1.37 bits per heavy atom. The van der Waals surface area contributed by atoms with Gasteiger partial charge in [-0.05, 0) is 57.6 Å². The Hall–Kier alpha value is -5.78. The number of ether oxygens (including phenoxy) is 3. The van der Waals surface area contributed by atoms with E-state index in [1.54, 1.807) is 18.3 Å². The van der Waals surface area contributed by atoms with Crippen LogP contribution in [0.1, 0.15) is 65.6 Å². The van der Waals surface area contributed by atoms with Gasteiger partial charge in [-0.3, -0.25) is 9.55 Å². The molecule has 0 bridgehead atoms. The van der Waals surface area contributed by atoms with Gasteiger partial charge in [-0.25, -0.2) is 14.4 Å². The average molecular weight is 677 g/mol. The Bertz CT molecular complexity index is 2150. The van der Waals surface area contributed by atoms with Crippen LogP contribution in [0.3, 0.4) is 0 Å². The first-order chi connectivity index (χ1) is 23.7. The number of carbonyl (C=O) groups is 2. The summed E-state index contributed by atoms with van der Waals surface area (Å²) in [6.45, 7) is 0.500. The van der Waals surface area contributed by atoms with Crippen molar-refractivity contribution < 1.29 is 34.0 Å². The first-order valence-electron chi connectivity index (χ1n) is 15.4. The second-order valence-electron chi connectivity index (χ2n) is 11.5. The van der Waals surface area contributed by atoms with Crippen LogP contribution in [-0.2, 0) is 17.9 Å². The van der Waals surface area contributed by atoms with E-state index in [9.17, 15) is 24.6 Å². The van der Waals surface area contributed by atoms with E-state index in [2.05, 4.69) is 29.3 Å². The van der Waals surface area contributed by atoms with Crippen molar-refractivity contribution in [3.63, 3.8) is 0 Å². The molecule has 1 aliphatic rings. The molecule has 1 aliphatic carbocycles. The van der Waals surface area contributed by atoms with Gasteiger partial charge in [-0.15, -0.1) is 0 Å². The summed E-state index contributed by atoms with van der Waals surface area (Å²) in [5.74, 6) is -2.06. The number of fused-ring (bicyclic) bond motifs is 2. The number of carboxylic acid groups (broad SMARTS) is 2. The van der Waals surface area contributed by atoms with Crippen molar-refractivity contribution in [1.29, 1.82) is 0 Å². The highest BCUT2D eigenvalue weighted by Crippen LogP contribution is 2.39. The number of hydrogen-bond acceptors (Lipinski definition) is 7. The van der Waals surface area contributed by atoms with Crippen molar-refractivity contribution in [3.8, 4) is 11.5 Å². The minimum absolute atomic E-state index is 0.00816. The largest absolute Gasteiger partial charge is 0.491 e. The second-order valence-corrected chi connectivity index (χ2v) is 11.9. The fourth-order valence-electron chi connectivity index (χ4n) is 5.91. The van der Waals surface area contributed by atoms with E-state index in [1.807, 2.05) is 36.4 Å². The summed E-state index contributed by atoms with van der Waals surface area (Å²) >= 11 is 5.73. The molecular formula is C38H32N2O8S. The summed E-state index contributed by atoms with van der Waals surface area (Å²) in [4.78, 5) is 40.0. The van der Waals surface area contributed by atoms with Gasteiger partial charge >= 0.3 is 17.6 Å². The van der Waals surface area contributed by atoms with Crippen LogP contribution in [-0.4, -0.2) is 52.0 Å². The number of benzene rings is 4. The maximum absolute atomic E-state index is 13.3. The SMILES string of the molecule is COCCOc1cc(OCc2cc(Cn3cc(C4c5ccccc5C=Cc5ccccc54)c(=S)[nH]c3=O)cc(C(=O)O)c2)cc(C(=O)O)c1. The standard InChI is InChI=1S/C38H32N2O8S/c1-46-12-13-47-29-17-28(37(43)44)18-30(19-29)48-22-24-14-23(15-27(16-24)36(41)42)20-40-21-33(35(49)39-38(40)45)34-31-8-4-2-6-25(31)10-11-26-7-3-5-9-32(26)34/h2-11,14-19,21,34H,12-13,20,22H2,1H3,(H,41,42)(H,43,44)(H,39,45,49). The first-order valence-corrected chi connectivity index (χ1v) is 15.8. The van der Waals surface area contributed by atoms with Crippen molar-refractivity contribution in [1.82, 2.24) is 9.55 Å². The Kier molecular flexibility index (Phi) is 9.84. The number of aromatic nitrogens is 2. The normalized spacial score (nSPS) is 12.1. The van der Waals surface area contributed by atoms with E-state index in [4.69, 9.17) is 26.4 Å². The molecule has 0 saturated heterocycles. The second kappa shape index (κ2) is 14.5. The molecule has 0 fully saturated rings. The van der Waals surface area contributed by atoms with E-state index < -0.39 is 17.6 Å². The molecule has 1 heterocycles. The zero-order chi connectivity index (χ0) is 34.5. The van der Waals surface area contributed by atoms with E-state index in [0.29, 0.717) is 28.1 Å². The highest BCUT2D eigenvalue weighted by Gasteiger charge is 2.25. The van der Waals surface area contributed by atoms with Crippen molar-refractivity contribution >= 4 is 36.3 Å². The number of carboxylic acids is 2. The fourth-order valence-corrected chi connectivity index (χ4v) is 6.17. The molecule has 0 aliphatic heterocycles. The van der Waals surface area contributed by atoms with Gasteiger partial charge in [-0.2, -0.15) is 0 Å². The van der Waals surface area contributed by atoms with Crippen LogP contribution >= 0.6 is 12.2 Å². The van der Waals surface area contributed by atoms with Gasteiger partial charge in [0.25, 0.3) is 0 Å². The van der Waals surface area contributed by atoms with Crippen LogP contribution in [0.5, 0.6) is 11.5 Å². The third kappa shape index (κ3) is 7.53. The zero-order valence-electron chi connectivity index (χ0n) is 26.4. The summed E-state index contributed by atoms with van der Waals surface area (Å²) in [5.41, 5.74) is 5.49. The van der Waals surface area contributed by atoms with E-state index >= 15 is 0 Å². The molecule has 10 nitrogen and oxygen atoms in total. The van der Waals surface area contributed by atoms with Crippen LogP contribution in [0.4, 0.5) is 0 Å². The predicted molar refractivity (Wildman–Crippen MR) is 186 cm³/mol. The molecule has 3 N–H and O–H groups in total. The zero-order valence-corrected chi connectivity index (χ0v) is 27.2. The Morgan fingerprint density at radius 3 is 2.00 bits per heavy atom. The molecule has 11 heteroatoms. The predicted octanol–water partition coefficient (Wildman–Crippen LogP) is 6.62. The lowest BCUT2D eigenvalue weighted by Gasteiger charge is -2.22. The minimum Gasteiger partial charge on any atom is -0.491 e. The summed E-state index contributed by atoms with van der Waals surface area (Å²) in [6, 6.07) is 25.1. The monoisotopic (exact) mass is 676 g/mol. The van der Waals surface area contributed by atoms with Crippen LogP contribution in [0.2, 0.25) is 0 Å². The fraction of sp³-hybridized carbons (Fsp3) is 0.158. The first kappa shape index (κ1) is 33.1. The molecule has 0 radical (unpaired) electrons. The summed E-state index contributed by atoms with van der Waals surface area (Å²) in [6.07, 6.45) is 5.90. The number of rotatable bonds is 12. The molecule has 6 rings (SSSR count). The van der Waals surface area contributed by atoms with Crippen LogP contribution in [0, 0.1) is 4.64 Å². The minimum atomic E-state index is -1.16. The molecular weight excluding hydrogens is 644 g/mol.